The van der Waals surface area contributed by atoms with Crippen LogP contribution in [0.5, 0.6) is 0 Å². The molecule has 0 aliphatic carbocycles. The van der Waals surface area contributed by atoms with Gasteiger partial charge in [0.25, 0.3) is 0 Å². The molecule has 132 valence electrons. The molecule has 3 rings (SSSR count). The number of thioether (sulfide) groups is 1. The molecule has 2 aliphatic rings. The van der Waals surface area contributed by atoms with Gasteiger partial charge >= 0.3 is 0 Å². The van der Waals surface area contributed by atoms with E-state index in [2.05, 4.69) is 10.2 Å². The Hall–Kier alpha value is -1.31. The van der Waals surface area contributed by atoms with Crippen LogP contribution >= 0.6 is 11.8 Å². The smallest absolute Gasteiger partial charge is 0.214 e. The van der Waals surface area contributed by atoms with Gasteiger partial charge in [0.15, 0.2) is 0 Å². The van der Waals surface area contributed by atoms with Crippen molar-refractivity contribution in [2.75, 3.05) is 61.6 Å². The number of methoxy groups -OCH3 is 1. The third-order valence-electron chi connectivity index (χ3n) is 4.77. The lowest BCUT2D eigenvalue weighted by Gasteiger charge is -2.56. The molecule has 1 N–H and O–H groups in total. The number of carbonyl (C=O) groups excluding carboxylic acids is 1. The fraction of sp³-hybridized carbons (Fsp3) is 0.588. The van der Waals surface area contributed by atoms with Crippen molar-refractivity contribution in [1.82, 2.24) is 5.32 Å². The molecule has 1 aromatic rings. The molecule has 0 bridgehead atoms. The van der Waals surface area contributed by atoms with E-state index in [9.17, 15) is 9.18 Å². The van der Waals surface area contributed by atoms with Gasteiger partial charge in [0.05, 0.1) is 18.3 Å². The number of ether oxygens (including phenoxy) is 1. The molecule has 2 aliphatic heterocycles. The molecule has 1 unspecified atom stereocenters. The van der Waals surface area contributed by atoms with Crippen molar-refractivity contribution in [3.8, 4) is 0 Å². The van der Waals surface area contributed by atoms with Gasteiger partial charge in [-0.1, -0.05) is 0 Å². The molecule has 0 saturated carbocycles. The molecular formula is C17H24FN3O2S. The van der Waals surface area contributed by atoms with Crippen LogP contribution in [0.25, 0.3) is 0 Å². The maximum Gasteiger partial charge on any atom is 0.214 e. The Labute approximate surface area is 146 Å². The first-order valence-corrected chi connectivity index (χ1v) is 9.28. The Bertz CT molecular complexity index is 589. The average molecular weight is 353 g/mol. The summed E-state index contributed by atoms with van der Waals surface area (Å²) in [6.45, 7) is 2.86. The lowest BCUT2D eigenvalue weighted by molar-refractivity contribution is -0.107. The van der Waals surface area contributed by atoms with Crippen molar-refractivity contribution in [3.63, 3.8) is 0 Å². The van der Waals surface area contributed by atoms with E-state index in [1.807, 2.05) is 18.8 Å². The Balaban J connectivity index is 1.67. The van der Waals surface area contributed by atoms with Gasteiger partial charge in [-0.3, -0.25) is 4.79 Å². The Morgan fingerprint density at radius 3 is 2.75 bits per heavy atom. The minimum Gasteiger partial charge on any atom is -0.378 e. The molecule has 5 nitrogen and oxygen atoms in total. The van der Waals surface area contributed by atoms with Crippen LogP contribution in [0.4, 0.5) is 15.8 Å². The summed E-state index contributed by atoms with van der Waals surface area (Å²) in [5, 5.41) is 3.02. The van der Waals surface area contributed by atoms with Gasteiger partial charge in [0.1, 0.15) is 5.82 Å². The predicted molar refractivity (Wildman–Crippen MR) is 96.5 cm³/mol. The molecular weight excluding hydrogens is 329 g/mol. The van der Waals surface area contributed by atoms with E-state index < -0.39 is 0 Å². The van der Waals surface area contributed by atoms with Crippen LogP contribution in [0.15, 0.2) is 18.2 Å². The summed E-state index contributed by atoms with van der Waals surface area (Å²) in [7, 11) is 3.43. The molecule has 0 radical (unpaired) electrons. The van der Waals surface area contributed by atoms with E-state index in [0.29, 0.717) is 29.9 Å². The van der Waals surface area contributed by atoms with Gasteiger partial charge in [-0.15, -0.1) is 0 Å². The summed E-state index contributed by atoms with van der Waals surface area (Å²) in [6.07, 6.45) is 0.578. The van der Waals surface area contributed by atoms with E-state index >= 15 is 0 Å². The minimum absolute atomic E-state index is 0.144. The van der Waals surface area contributed by atoms with E-state index in [1.54, 1.807) is 19.2 Å². The van der Waals surface area contributed by atoms with Crippen LogP contribution in [0, 0.1) is 11.2 Å². The third kappa shape index (κ3) is 3.38. The highest BCUT2D eigenvalue weighted by atomic mass is 32.2. The molecule has 1 atom stereocenters. The summed E-state index contributed by atoms with van der Waals surface area (Å²) < 4.78 is 19.9. The second-order valence-electron chi connectivity index (χ2n) is 6.66. The largest absolute Gasteiger partial charge is 0.378 e. The zero-order chi connectivity index (χ0) is 17.2. The van der Waals surface area contributed by atoms with Crippen LogP contribution < -0.4 is 15.1 Å². The number of amides is 1. The van der Waals surface area contributed by atoms with Gasteiger partial charge in [0, 0.05) is 49.4 Å². The number of carbonyl (C=O) groups is 1. The van der Waals surface area contributed by atoms with Crippen molar-refractivity contribution in [3.05, 3.63) is 24.0 Å². The lowest BCUT2D eigenvalue weighted by Crippen LogP contribution is -2.63. The van der Waals surface area contributed by atoms with Crippen molar-refractivity contribution in [2.24, 2.45) is 5.41 Å². The number of rotatable bonds is 8. The highest BCUT2D eigenvalue weighted by molar-refractivity contribution is 8.00. The number of likely N-dealkylation sites (N-methyl/N-ethyl adjacent to an activating group) is 1. The summed E-state index contributed by atoms with van der Waals surface area (Å²) in [6, 6.07) is 5.02. The first-order chi connectivity index (χ1) is 11.6. The summed E-state index contributed by atoms with van der Waals surface area (Å²) in [5.41, 5.74) is 1.60. The van der Waals surface area contributed by atoms with Crippen LogP contribution in [0.1, 0.15) is 0 Å². The molecule has 24 heavy (non-hydrogen) atoms. The first-order valence-electron chi connectivity index (χ1n) is 8.12. The third-order valence-corrected chi connectivity index (χ3v) is 6.40. The van der Waals surface area contributed by atoms with E-state index in [4.69, 9.17) is 4.74 Å². The molecule has 2 saturated heterocycles. The topological polar surface area (TPSA) is 44.8 Å². The monoisotopic (exact) mass is 353 g/mol. The van der Waals surface area contributed by atoms with E-state index in [-0.39, 0.29) is 11.9 Å². The Morgan fingerprint density at radius 1 is 1.50 bits per heavy atom. The fourth-order valence-corrected chi connectivity index (χ4v) is 4.46. The summed E-state index contributed by atoms with van der Waals surface area (Å²) in [5.74, 6) is 2.10. The number of nitrogens with zero attached hydrogens (tertiary/aromatic N) is 2. The van der Waals surface area contributed by atoms with Crippen molar-refractivity contribution in [2.45, 2.75) is 6.10 Å². The number of benzene rings is 1. The Kier molecular flexibility index (Phi) is 5.32. The maximum atomic E-state index is 14.5. The molecule has 2 heterocycles. The van der Waals surface area contributed by atoms with Crippen molar-refractivity contribution < 1.29 is 13.9 Å². The van der Waals surface area contributed by atoms with E-state index in [1.165, 1.54) is 22.5 Å². The predicted octanol–water partition coefficient (Wildman–Crippen LogP) is 1.58. The molecule has 2 fully saturated rings. The van der Waals surface area contributed by atoms with Crippen LogP contribution in [-0.4, -0.2) is 64.4 Å². The second-order valence-corrected chi connectivity index (χ2v) is 7.64. The number of nitrogens with one attached hydrogen (secondary N) is 1. The number of halogens is 1. The van der Waals surface area contributed by atoms with Gasteiger partial charge in [-0.2, -0.15) is 11.8 Å². The molecule has 1 aromatic carbocycles. The zero-order valence-electron chi connectivity index (χ0n) is 14.1. The standard InChI is InChI=1S/C17H24FN3O2S/c1-19-6-14(23-2)7-20(12-22)13-3-4-16(15(18)5-13)21-8-17(9-21)10-24-11-17/h3-5,12,14,19H,6-11H2,1-2H3. The molecule has 1 spiro atoms. The van der Waals surface area contributed by atoms with Gasteiger partial charge in [-0.05, 0) is 25.2 Å². The maximum absolute atomic E-state index is 14.5. The summed E-state index contributed by atoms with van der Waals surface area (Å²) in [4.78, 5) is 15.0. The van der Waals surface area contributed by atoms with Crippen molar-refractivity contribution >= 4 is 29.5 Å². The fourth-order valence-electron chi connectivity index (χ4n) is 3.32. The van der Waals surface area contributed by atoms with Crippen LogP contribution in [0.2, 0.25) is 0 Å². The number of anilines is 2. The van der Waals surface area contributed by atoms with Gasteiger partial charge < -0.3 is 19.9 Å². The highest BCUT2D eigenvalue weighted by Crippen LogP contribution is 2.47. The van der Waals surface area contributed by atoms with Gasteiger partial charge in [0.2, 0.25) is 6.41 Å². The zero-order valence-corrected chi connectivity index (χ0v) is 14.9. The number of hydrogen-bond donors (Lipinski definition) is 1. The normalized spacial score (nSPS) is 19.5. The van der Waals surface area contributed by atoms with E-state index in [0.717, 1.165) is 19.5 Å². The molecule has 0 aromatic heterocycles. The van der Waals surface area contributed by atoms with Crippen LogP contribution in [-0.2, 0) is 9.53 Å². The van der Waals surface area contributed by atoms with Crippen molar-refractivity contribution in [1.29, 1.82) is 0 Å². The minimum atomic E-state index is -0.274. The number of hydrogen-bond acceptors (Lipinski definition) is 5. The summed E-state index contributed by atoms with van der Waals surface area (Å²) >= 11 is 1.96. The lowest BCUT2D eigenvalue weighted by atomic mass is 9.82. The van der Waals surface area contributed by atoms with Crippen LogP contribution in [0.3, 0.4) is 0 Å². The Morgan fingerprint density at radius 2 is 2.25 bits per heavy atom. The first kappa shape index (κ1) is 17.5. The quantitative estimate of drug-likeness (QED) is 0.719. The SMILES string of the molecule is CNCC(CN(C=O)c1ccc(N2CC3(CSC3)C2)c(F)c1)OC. The van der Waals surface area contributed by atoms with Gasteiger partial charge in [-0.25, -0.2) is 4.39 Å². The second kappa shape index (κ2) is 7.29. The molecule has 1 amide bonds. The molecule has 7 heteroatoms. The average Bonchev–Trinajstić information content (AvgIpc) is 2.50. The highest BCUT2D eigenvalue weighted by Gasteiger charge is 2.48.